The zero-order valence-electron chi connectivity index (χ0n) is 8.56. The summed E-state index contributed by atoms with van der Waals surface area (Å²) in [5.41, 5.74) is 0.666. The van der Waals surface area contributed by atoms with Crippen LogP contribution in [0.3, 0.4) is 0 Å². The summed E-state index contributed by atoms with van der Waals surface area (Å²) in [5, 5.41) is 8.51. The van der Waals surface area contributed by atoms with Gasteiger partial charge in [0.15, 0.2) is 0 Å². The molecule has 0 aromatic heterocycles. The molecule has 0 bridgehead atoms. The summed E-state index contributed by atoms with van der Waals surface area (Å²) < 4.78 is 10.1. The fraction of sp³-hybridized carbons (Fsp3) is 0.182. The maximum atomic E-state index is 10.4. The van der Waals surface area contributed by atoms with Crippen molar-refractivity contribution in [3.63, 3.8) is 0 Å². The number of benzene rings is 1. The van der Waals surface area contributed by atoms with Gasteiger partial charge in [0.1, 0.15) is 11.5 Å². The molecule has 1 aromatic carbocycles. The summed E-state index contributed by atoms with van der Waals surface area (Å²) in [6, 6.07) is 5.18. The minimum Gasteiger partial charge on any atom is -0.497 e. The van der Waals surface area contributed by atoms with Gasteiger partial charge in [-0.25, -0.2) is 4.79 Å². The zero-order chi connectivity index (χ0) is 11.3. The van der Waals surface area contributed by atoms with Crippen LogP contribution >= 0.6 is 0 Å². The highest BCUT2D eigenvalue weighted by Crippen LogP contribution is 2.24. The number of ether oxygens (including phenoxy) is 2. The highest BCUT2D eigenvalue weighted by molar-refractivity contribution is 5.86. The molecule has 0 radical (unpaired) electrons. The van der Waals surface area contributed by atoms with E-state index in [0.29, 0.717) is 17.1 Å². The summed E-state index contributed by atoms with van der Waals surface area (Å²) in [5.74, 6) is 0.258. The average Bonchev–Trinajstić information content (AvgIpc) is 2.25. The Bertz CT molecular complexity index is 382. The van der Waals surface area contributed by atoms with Crippen LogP contribution in [-0.2, 0) is 4.79 Å². The van der Waals surface area contributed by atoms with Gasteiger partial charge in [-0.15, -0.1) is 0 Å². The Morgan fingerprint density at radius 3 is 2.60 bits per heavy atom. The Labute approximate surface area is 87.7 Å². The molecule has 0 amide bonds. The Hall–Kier alpha value is -1.97. The number of methoxy groups -OCH3 is 2. The SMILES string of the molecule is COc1ccc(OC)c(/C=C\C(=O)O)c1. The van der Waals surface area contributed by atoms with E-state index in [9.17, 15) is 4.79 Å². The standard InChI is InChI=1S/C11H12O4/c1-14-9-4-5-10(15-2)8(7-9)3-6-11(12)13/h3-7H,1-2H3,(H,12,13)/b6-3-. The maximum absolute atomic E-state index is 10.4. The lowest BCUT2D eigenvalue weighted by atomic mass is 10.1. The quantitative estimate of drug-likeness (QED) is 0.766. The second-order valence-electron chi connectivity index (χ2n) is 2.78. The van der Waals surface area contributed by atoms with Crippen molar-refractivity contribution >= 4 is 12.0 Å². The van der Waals surface area contributed by atoms with Gasteiger partial charge in [0.05, 0.1) is 14.2 Å². The number of carboxylic acids is 1. The molecular weight excluding hydrogens is 196 g/mol. The second kappa shape index (κ2) is 5.05. The van der Waals surface area contributed by atoms with E-state index < -0.39 is 5.97 Å². The van der Waals surface area contributed by atoms with Crippen LogP contribution in [0.25, 0.3) is 6.08 Å². The lowest BCUT2D eigenvalue weighted by Crippen LogP contribution is -1.91. The Morgan fingerprint density at radius 2 is 2.07 bits per heavy atom. The maximum Gasteiger partial charge on any atom is 0.328 e. The molecule has 1 aromatic rings. The average molecular weight is 208 g/mol. The Balaban J connectivity index is 3.06. The molecule has 0 aliphatic carbocycles. The summed E-state index contributed by atoms with van der Waals surface area (Å²) in [4.78, 5) is 10.4. The van der Waals surface area contributed by atoms with E-state index in [1.165, 1.54) is 13.2 Å². The van der Waals surface area contributed by atoms with E-state index in [4.69, 9.17) is 14.6 Å². The summed E-state index contributed by atoms with van der Waals surface area (Å²) in [6.07, 6.45) is 2.51. The molecule has 0 saturated heterocycles. The predicted molar refractivity (Wildman–Crippen MR) is 56.2 cm³/mol. The van der Waals surface area contributed by atoms with Gasteiger partial charge < -0.3 is 14.6 Å². The lowest BCUT2D eigenvalue weighted by molar-refractivity contribution is -0.131. The molecule has 1 N–H and O–H groups in total. The zero-order valence-corrected chi connectivity index (χ0v) is 8.56. The van der Waals surface area contributed by atoms with Crippen molar-refractivity contribution in [3.8, 4) is 11.5 Å². The number of rotatable bonds is 4. The van der Waals surface area contributed by atoms with Crippen LogP contribution in [0, 0.1) is 0 Å². The van der Waals surface area contributed by atoms with Crippen molar-refractivity contribution in [2.24, 2.45) is 0 Å². The first-order chi connectivity index (χ1) is 7.17. The van der Waals surface area contributed by atoms with Gasteiger partial charge >= 0.3 is 5.97 Å². The smallest absolute Gasteiger partial charge is 0.328 e. The molecule has 0 atom stereocenters. The first-order valence-electron chi connectivity index (χ1n) is 4.30. The predicted octanol–water partition coefficient (Wildman–Crippen LogP) is 1.80. The van der Waals surface area contributed by atoms with Crippen LogP contribution in [-0.4, -0.2) is 25.3 Å². The molecule has 0 aliphatic heterocycles. The normalized spacial score (nSPS) is 10.3. The Kier molecular flexibility index (Phi) is 3.74. The van der Waals surface area contributed by atoms with Gasteiger partial charge in [-0.05, 0) is 24.3 Å². The van der Waals surface area contributed by atoms with Gasteiger partial charge in [-0.2, -0.15) is 0 Å². The van der Waals surface area contributed by atoms with Crippen molar-refractivity contribution in [2.75, 3.05) is 14.2 Å². The van der Waals surface area contributed by atoms with Crippen molar-refractivity contribution in [1.29, 1.82) is 0 Å². The first kappa shape index (κ1) is 11.1. The van der Waals surface area contributed by atoms with E-state index >= 15 is 0 Å². The number of carboxylic acid groups (broad SMARTS) is 1. The van der Waals surface area contributed by atoms with E-state index in [-0.39, 0.29) is 0 Å². The molecule has 0 aliphatic rings. The van der Waals surface area contributed by atoms with Gasteiger partial charge in [0.2, 0.25) is 0 Å². The molecule has 1 rings (SSSR count). The second-order valence-corrected chi connectivity index (χ2v) is 2.78. The molecule has 0 saturated carbocycles. The molecule has 0 unspecified atom stereocenters. The van der Waals surface area contributed by atoms with E-state index in [2.05, 4.69) is 0 Å². The molecule has 4 nitrogen and oxygen atoms in total. The monoisotopic (exact) mass is 208 g/mol. The number of hydrogen-bond donors (Lipinski definition) is 1. The van der Waals surface area contributed by atoms with Gasteiger partial charge in [-0.1, -0.05) is 0 Å². The molecule has 0 heterocycles. The third-order valence-electron chi connectivity index (χ3n) is 1.84. The number of aliphatic carboxylic acids is 1. The van der Waals surface area contributed by atoms with Gasteiger partial charge in [-0.3, -0.25) is 0 Å². The summed E-state index contributed by atoms with van der Waals surface area (Å²) in [7, 11) is 3.08. The number of hydrogen-bond acceptors (Lipinski definition) is 3. The lowest BCUT2D eigenvalue weighted by Gasteiger charge is -2.06. The van der Waals surface area contributed by atoms with Crippen molar-refractivity contribution in [2.45, 2.75) is 0 Å². The van der Waals surface area contributed by atoms with Crippen LogP contribution in [0.15, 0.2) is 24.3 Å². The van der Waals surface area contributed by atoms with Crippen LogP contribution in [0.2, 0.25) is 0 Å². The molecular formula is C11H12O4. The highest BCUT2D eigenvalue weighted by Gasteiger charge is 2.02. The topological polar surface area (TPSA) is 55.8 Å². The molecule has 80 valence electrons. The third-order valence-corrected chi connectivity index (χ3v) is 1.84. The minimum atomic E-state index is -1.00. The van der Waals surface area contributed by atoms with Crippen LogP contribution < -0.4 is 9.47 Å². The number of carbonyl (C=O) groups is 1. The Morgan fingerprint density at radius 1 is 1.33 bits per heavy atom. The van der Waals surface area contributed by atoms with E-state index in [1.54, 1.807) is 25.3 Å². The molecule has 0 spiro atoms. The van der Waals surface area contributed by atoms with E-state index in [1.807, 2.05) is 0 Å². The molecule has 15 heavy (non-hydrogen) atoms. The fourth-order valence-corrected chi connectivity index (χ4v) is 1.13. The third kappa shape index (κ3) is 3.02. The first-order valence-corrected chi connectivity index (χ1v) is 4.30. The molecule has 4 heteroatoms. The van der Waals surface area contributed by atoms with E-state index in [0.717, 1.165) is 6.08 Å². The van der Waals surface area contributed by atoms with Gasteiger partial charge in [0.25, 0.3) is 0 Å². The summed E-state index contributed by atoms with van der Waals surface area (Å²) in [6.45, 7) is 0. The largest absolute Gasteiger partial charge is 0.497 e. The highest BCUT2D eigenvalue weighted by atomic mass is 16.5. The van der Waals surface area contributed by atoms with Crippen molar-refractivity contribution in [3.05, 3.63) is 29.8 Å². The van der Waals surface area contributed by atoms with Gasteiger partial charge in [0, 0.05) is 11.6 Å². The van der Waals surface area contributed by atoms with Crippen LogP contribution in [0.1, 0.15) is 5.56 Å². The molecule has 0 fully saturated rings. The van der Waals surface area contributed by atoms with Crippen molar-refractivity contribution < 1.29 is 19.4 Å². The summed E-state index contributed by atoms with van der Waals surface area (Å²) >= 11 is 0. The fourth-order valence-electron chi connectivity index (χ4n) is 1.13. The van der Waals surface area contributed by atoms with Crippen LogP contribution in [0.4, 0.5) is 0 Å². The minimum absolute atomic E-state index is 0.605. The van der Waals surface area contributed by atoms with Crippen molar-refractivity contribution in [1.82, 2.24) is 0 Å². The van der Waals surface area contributed by atoms with Crippen LogP contribution in [0.5, 0.6) is 11.5 Å².